The van der Waals surface area contributed by atoms with Gasteiger partial charge in [-0.2, -0.15) is 13.2 Å². The Morgan fingerprint density at radius 3 is 2.67 bits per heavy atom. The van der Waals surface area contributed by atoms with Gasteiger partial charge in [0.05, 0.1) is 5.56 Å². The fourth-order valence-electron chi connectivity index (χ4n) is 1.98. The van der Waals surface area contributed by atoms with Gasteiger partial charge < -0.3 is 4.74 Å². The van der Waals surface area contributed by atoms with Crippen molar-refractivity contribution in [2.24, 2.45) is 0 Å². The van der Waals surface area contributed by atoms with Crippen LogP contribution in [0.25, 0.3) is 0 Å². The zero-order valence-corrected chi connectivity index (χ0v) is 9.67. The molecule has 0 radical (unpaired) electrons. The Morgan fingerprint density at radius 2 is 2.06 bits per heavy atom. The highest BCUT2D eigenvalue weighted by Crippen LogP contribution is 2.30. The first-order valence-corrected chi connectivity index (χ1v) is 5.81. The summed E-state index contributed by atoms with van der Waals surface area (Å²) in [7, 11) is 0. The number of halogens is 3. The molecule has 0 saturated carbocycles. The Kier molecular flexibility index (Phi) is 3.71. The standard InChI is InChI=1S/C13H13F3O2/c14-13(15,16)10-5-3-4-9(8-10)12(17)11-6-1-2-7-18-11/h3-5,8,11H,1-2,6-7H2. The van der Waals surface area contributed by atoms with E-state index in [0.29, 0.717) is 13.0 Å². The summed E-state index contributed by atoms with van der Waals surface area (Å²) in [5, 5.41) is 0. The van der Waals surface area contributed by atoms with E-state index < -0.39 is 17.8 Å². The SMILES string of the molecule is O=C(c1cccc(C(F)(F)F)c1)C1CCCCO1. The molecule has 0 N–H and O–H groups in total. The first-order valence-electron chi connectivity index (χ1n) is 5.81. The molecule has 1 aromatic carbocycles. The van der Waals surface area contributed by atoms with E-state index in [4.69, 9.17) is 4.74 Å². The van der Waals surface area contributed by atoms with E-state index in [0.717, 1.165) is 25.0 Å². The zero-order valence-electron chi connectivity index (χ0n) is 9.67. The van der Waals surface area contributed by atoms with Crippen LogP contribution in [-0.2, 0) is 10.9 Å². The van der Waals surface area contributed by atoms with Crippen LogP contribution in [0.5, 0.6) is 0 Å². The second-order valence-electron chi connectivity index (χ2n) is 4.30. The van der Waals surface area contributed by atoms with Crippen LogP contribution in [0.1, 0.15) is 35.2 Å². The molecule has 1 unspecified atom stereocenters. The van der Waals surface area contributed by atoms with Crippen LogP contribution in [0, 0.1) is 0 Å². The minimum absolute atomic E-state index is 0.0664. The van der Waals surface area contributed by atoms with Gasteiger partial charge in [0.15, 0.2) is 5.78 Å². The van der Waals surface area contributed by atoms with Gasteiger partial charge in [-0.25, -0.2) is 0 Å². The molecule has 0 aromatic heterocycles. The van der Waals surface area contributed by atoms with Crippen molar-refractivity contribution in [1.29, 1.82) is 0 Å². The number of ether oxygens (including phenoxy) is 1. The third-order valence-electron chi connectivity index (χ3n) is 2.95. The summed E-state index contributed by atoms with van der Waals surface area (Å²) in [4.78, 5) is 12.0. The molecular weight excluding hydrogens is 245 g/mol. The number of hydrogen-bond donors (Lipinski definition) is 0. The predicted molar refractivity (Wildman–Crippen MR) is 59.4 cm³/mol. The summed E-state index contributed by atoms with van der Waals surface area (Å²) in [5.41, 5.74) is -0.735. The van der Waals surface area contributed by atoms with E-state index in [1.54, 1.807) is 0 Å². The molecule has 0 amide bonds. The molecule has 1 aliphatic rings. The van der Waals surface area contributed by atoms with Gasteiger partial charge in [0, 0.05) is 12.2 Å². The van der Waals surface area contributed by atoms with Crippen molar-refractivity contribution < 1.29 is 22.7 Å². The number of benzene rings is 1. The first kappa shape index (κ1) is 13.1. The lowest BCUT2D eigenvalue weighted by molar-refractivity contribution is -0.137. The second-order valence-corrected chi connectivity index (χ2v) is 4.30. The Hall–Kier alpha value is -1.36. The summed E-state index contributed by atoms with van der Waals surface area (Å²) in [6.07, 6.45) is -2.68. The summed E-state index contributed by atoms with van der Waals surface area (Å²) in [5.74, 6) is -0.360. The minimum atomic E-state index is -4.43. The molecule has 98 valence electrons. The van der Waals surface area contributed by atoms with Crippen LogP contribution in [0.4, 0.5) is 13.2 Å². The summed E-state index contributed by atoms with van der Waals surface area (Å²) >= 11 is 0. The van der Waals surface area contributed by atoms with E-state index in [-0.39, 0.29) is 11.3 Å². The van der Waals surface area contributed by atoms with Crippen molar-refractivity contribution in [3.63, 3.8) is 0 Å². The van der Waals surface area contributed by atoms with Crippen LogP contribution in [0.15, 0.2) is 24.3 Å². The van der Waals surface area contributed by atoms with Crippen LogP contribution in [0.2, 0.25) is 0 Å². The van der Waals surface area contributed by atoms with Crippen molar-refractivity contribution in [1.82, 2.24) is 0 Å². The lowest BCUT2D eigenvalue weighted by Gasteiger charge is -2.21. The van der Waals surface area contributed by atoms with Crippen molar-refractivity contribution in [2.45, 2.75) is 31.5 Å². The molecular formula is C13H13F3O2. The lowest BCUT2D eigenvalue weighted by atomic mass is 9.98. The van der Waals surface area contributed by atoms with Crippen molar-refractivity contribution in [2.75, 3.05) is 6.61 Å². The Morgan fingerprint density at radius 1 is 1.28 bits per heavy atom. The molecule has 0 aliphatic carbocycles. The molecule has 1 heterocycles. The number of rotatable bonds is 2. The molecule has 2 nitrogen and oxygen atoms in total. The van der Waals surface area contributed by atoms with Gasteiger partial charge in [-0.3, -0.25) is 4.79 Å². The molecule has 2 rings (SSSR count). The third-order valence-corrected chi connectivity index (χ3v) is 2.95. The van der Waals surface area contributed by atoms with E-state index in [2.05, 4.69) is 0 Å². The fourth-order valence-corrected chi connectivity index (χ4v) is 1.98. The molecule has 1 saturated heterocycles. The fraction of sp³-hybridized carbons (Fsp3) is 0.462. The van der Waals surface area contributed by atoms with E-state index in [1.807, 2.05) is 0 Å². The van der Waals surface area contributed by atoms with E-state index in [9.17, 15) is 18.0 Å². The van der Waals surface area contributed by atoms with Crippen LogP contribution >= 0.6 is 0 Å². The minimum Gasteiger partial charge on any atom is -0.370 e. The molecule has 0 bridgehead atoms. The molecule has 1 fully saturated rings. The molecule has 18 heavy (non-hydrogen) atoms. The Bertz CT molecular complexity index is 434. The number of ketones is 1. The predicted octanol–water partition coefficient (Wildman–Crippen LogP) is 3.46. The summed E-state index contributed by atoms with van der Waals surface area (Å²) in [6.45, 7) is 0.495. The summed E-state index contributed by atoms with van der Waals surface area (Å²) in [6, 6.07) is 4.49. The number of alkyl halides is 3. The lowest BCUT2D eigenvalue weighted by Crippen LogP contribution is -2.28. The monoisotopic (exact) mass is 258 g/mol. The number of carbonyl (C=O) groups excluding carboxylic acids is 1. The number of hydrogen-bond acceptors (Lipinski definition) is 2. The van der Waals surface area contributed by atoms with Crippen molar-refractivity contribution in [3.8, 4) is 0 Å². The second kappa shape index (κ2) is 5.10. The molecule has 1 aliphatic heterocycles. The van der Waals surface area contributed by atoms with E-state index >= 15 is 0 Å². The van der Waals surface area contributed by atoms with Crippen LogP contribution in [-0.4, -0.2) is 18.5 Å². The Labute approximate surface area is 103 Å². The van der Waals surface area contributed by atoms with Gasteiger partial charge in [0.2, 0.25) is 0 Å². The van der Waals surface area contributed by atoms with Gasteiger partial charge in [-0.1, -0.05) is 12.1 Å². The molecule has 1 atom stereocenters. The summed E-state index contributed by atoms with van der Waals surface area (Å²) < 4.78 is 42.9. The highest BCUT2D eigenvalue weighted by Gasteiger charge is 2.32. The normalized spacial score (nSPS) is 20.7. The van der Waals surface area contributed by atoms with Crippen LogP contribution in [0.3, 0.4) is 0 Å². The van der Waals surface area contributed by atoms with Gasteiger partial charge in [-0.15, -0.1) is 0 Å². The maximum atomic E-state index is 12.5. The molecule has 1 aromatic rings. The van der Waals surface area contributed by atoms with E-state index in [1.165, 1.54) is 12.1 Å². The highest BCUT2D eigenvalue weighted by molar-refractivity contribution is 5.99. The quantitative estimate of drug-likeness (QED) is 0.759. The number of Topliss-reactive ketones (excluding diaryl/α,β-unsaturated/α-hetero) is 1. The van der Waals surface area contributed by atoms with Gasteiger partial charge in [0.1, 0.15) is 6.10 Å². The Balaban J connectivity index is 2.20. The average Bonchev–Trinajstić information content (AvgIpc) is 2.38. The number of carbonyl (C=O) groups is 1. The van der Waals surface area contributed by atoms with Crippen molar-refractivity contribution in [3.05, 3.63) is 35.4 Å². The smallest absolute Gasteiger partial charge is 0.370 e. The largest absolute Gasteiger partial charge is 0.416 e. The van der Waals surface area contributed by atoms with Gasteiger partial charge >= 0.3 is 6.18 Å². The zero-order chi connectivity index (χ0) is 13.2. The van der Waals surface area contributed by atoms with Gasteiger partial charge in [-0.05, 0) is 31.4 Å². The van der Waals surface area contributed by atoms with Gasteiger partial charge in [0.25, 0.3) is 0 Å². The highest BCUT2D eigenvalue weighted by atomic mass is 19.4. The topological polar surface area (TPSA) is 26.3 Å². The maximum Gasteiger partial charge on any atom is 0.416 e. The molecule has 0 spiro atoms. The third kappa shape index (κ3) is 2.90. The van der Waals surface area contributed by atoms with Crippen LogP contribution < -0.4 is 0 Å². The first-order chi connectivity index (χ1) is 8.48. The average molecular weight is 258 g/mol. The molecule has 5 heteroatoms. The maximum absolute atomic E-state index is 12.5. The van der Waals surface area contributed by atoms with Crippen molar-refractivity contribution >= 4 is 5.78 Å².